The van der Waals surface area contributed by atoms with Gasteiger partial charge in [0.1, 0.15) is 12.4 Å². The van der Waals surface area contributed by atoms with Crippen molar-refractivity contribution in [2.45, 2.75) is 31.3 Å². The summed E-state index contributed by atoms with van der Waals surface area (Å²) in [5.74, 6) is -1.27. The zero-order chi connectivity index (χ0) is 25.5. The first kappa shape index (κ1) is 23.0. The number of rotatable bonds is 5. The minimum absolute atomic E-state index is 0.0684. The van der Waals surface area contributed by atoms with Gasteiger partial charge in [-0.2, -0.15) is 4.68 Å². The molecule has 2 amide bonds. The standard InChI is InChI=1S/C24H19ClFN9O2/c25-17-6-8-19(34-12-28-32-33-34)22(23(17)26)14-9-16-5-7-20(35(16)21(36)10-14)24(37)29-15-3-1-13(2-4-15)18-11-27-31-30-18/h1-4,6,8,10-12,16,20H,5,7,9H2,(H,29,37)(H,27,30,31)/t16?,20-/m0/s1. The van der Waals surface area contributed by atoms with Crippen LogP contribution in [0.1, 0.15) is 24.8 Å². The van der Waals surface area contributed by atoms with Crippen LogP contribution in [0, 0.1) is 5.82 Å². The zero-order valence-corrected chi connectivity index (χ0v) is 19.9. The van der Waals surface area contributed by atoms with Gasteiger partial charge < -0.3 is 10.2 Å². The molecule has 0 aliphatic carbocycles. The molecule has 11 nitrogen and oxygen atoms in total. The van der Waals surface area contributed by atoms with Gasteiger partial charge in [-0.1, -0.05) is 28.9 Å². The number of anilines is 1. The number of fused-ring (bicyclic) bond motifs is 1. The van der Waals surface area contributed by atoms with Gasteiger partial charge in [-0.3, -0.25) is 14.7 Å². The number of nitrogens with zero attached hydrogens (tertiary/aromatic N) is 7. The van der Waals surface area contributed by atoms with Crippen molar-refractivity contribution in [2.75, 3.05) is 5.32 Å². The van der Waals surface area contributed by atoms with Gasteiger partial charge in [0.25, 0.3) is 0 Å². The molecule has 13 heteroatoms. The van der Waals surface area contributed by atoms with Crippen LogP contribution in [-0.4, -0.2) is 64.4 Å². The van der Waals surface area contributed by atoms with Crippen LogP contribution in [0.5, 0.6) is 0 Å². The first-order valence-corrected chi connectivity index (χ1v) is 11.9. The number of hydrogen-bond acceptors (Lipinski definition) is 7. The largest absolute Gasteiger partial charge is 0.324 e. The van der Waals surface area contributed by atoms with Crippen molar-refractivity contribution in [2.24, 2.45) is 0 Å². The van der Waals surface area contributed by atoms with Crippen LogP contribution in [0.2, 0.25) is 5.02 Å². The van der Waals surface area contributed by atoms with E-state index in [2.05, 4.69) is 36.3 Å². The zero-order valence-electron chi connectivity index (χ0n) is 19.2. The van der Waals surface area contributed by atoms with Crippen LogP contribution in [-0.2, 0) is 9.59 Å². The van der Waals surface area contributed by atoms with Crippen molar-refractivity contribution in [3.8, 4) is 16.9 Å². The highest BCUT2D eigenvalue weighted by Gasteiger charge is 2.43. The van der Waals surface area contributed by atoms with E-state index in [1.807, 2.05) is 12.1 Å². The van der Waals surface area contributed by atoms with Gasteiger partial charge in [0.05, 0.1) is 22.6 Å². The molecule has 2 aliphatic heterocycles. The Labute approximate surface area is 214 Å². The third-order valence-corrected chi connectivity index (χ3v) is 6.97. The number of aromatic amines is 1. The van der Waals surface area contributed by atoms with Crippen molar-refractivity contribution in [1.29, 1.82) is 0 Å². The van der Waals surface area contributed by atoms with Gasteiger partial charge >= 0.3 is 0 Å². The van der Waals surface area contributed by atoms with E-state index < -0.39 is 11.9 Å². The smallest absolute Gasteiger partial charge is 0.247 e. The fourth-order valence-corrected chi connectivity index (χ4v) is 5.15. The maximum Gasteiger partial charge on any atom is 0.247 e. The Morgan fingerprint density at radius 2 is 1.97 bits per heavy atom. The van der Waals surface area contributed by atoms with Crippen LogP contribution in [0.25, 0.3) is 22.5 Å². The predicted molar refractivity (Wildman–Crippen MR) is 131 cm³/mol. The second-order valence-electron chi connectivity index (χ2n) is 8.81. The lowest BCUT2D eigenvalue weighted by Gasteiger charge is -2.33. The van der Waals surface area contributed by atoms with E-state index in [-0.39, 0.29) is 28.4 Å². The van der Waals surface area contributed by atoms with Crippen molar-refractivity contribution in [1.82, 2.24) is 40.5 Å². The van der Waals surface area contributed by atoms with E-state index in [1.165, 1.54) is 23.2 Å². The van der Waals surface area contributed by atoms with E-state index in [0.717, 1.165) is 11.3 Å². The lowest BCUT2D eigenvalue weighted by atomic mass is 9.92. The van der Waals surface area contributed by atoms with Gasteiger partial charge in [0, 0.05) is 28.9 Å². The SMILES string of the molecule is O=C(Nc1ccc(-c2cnn[nH]2)cc1)[C@@H]1CCC2CC(c3c(-n4cnnn4)ccc(Cl)c3F)=CC(=O)N21. The van der Waals surface area contributed by atoms with E-state index in [1.54, 1.807) is 29.3 Å². The van der Waals surface area contributed by atoms with Crippen molar-refractivity contribution in [3.63, 3.8) is 0 Å². The van der Waals surface area contributed by atoms with Crippen LogP contribution in [0.3, 0.4) is 0 Å². The van der Waals surface area contributed by atoms with Gasteiger partial charge in [-0.15, -0.1) is 10.2 Å². The lowest BCUT2D eigenvalue weighted by Crippen LogP contribution is -2.48. The molecule has 6 rings (SSSR count). The number of H-pyrrole nitrogens is 1. The maximum atomic E-state index is 15.2. The number of carbonyl (C=O) groups is 2. The Balaban J connectivity index is 1.23. The average Bonchev–Trinajstić information content (AvgIpc) is 3.68. The quantitative estimate of drug-likeness (QED) is 0.414. The normalized spacial score (nSPS) is 19.0. The first-order chi connectivity index (χ1) is 18.0. The Hall–Kier alpha value is -4.45. The monoisotopic (exact) mass is 519 g/mol. The molecule has 186 valence electrons. The molecule has 1 fully saturated rings. The number of halogens is 2. The molecule has 0 bridgehead atoms. The fourth-order valence-electron chi connectivity index (χ4n) is 4.99. The molecule has 2 aromatic carbocycles. The second kappa shape index (κ2) is 9.21. The summed E-state index contributed by atoms with van der Waals surface area (Å²) in [6.45, 7) is 0. The van der Waals surface area contributed by atoms with E-state index in [4.69, 9.17) is 11.6 Å². The molecule has 2 aliphatic rings. The summed E-state index contributed by atoms with van der Waals surface area (Å²) in [7, 11) is 0. The highest BCUT2D eigenvalue weighted by atomic mass is 35.5. The maximum absolute atomic E-state index is 15.2. The molecular weight excluding hydrogens is 501 g/mol. The molecular formula is C24H19ClFN9O2. The number of amides is 2. The molecule has 2 aromatic heterocycles. The molecule has 4 aromatic rings. The van der Waals surface area contributed by atoms with E-state index >= 15 is 4.39 Å². The van der Waals surface area contributed by atoms with Crippen LogP contribution < -0.4 is 5.32 Å². The average molecular weight is 520 g/mol. The van der Waals surface area contributed by atoms with E-state index in [9.17, 15) is 9.59 Å². The summed E-state index contributed by atoms with van der Waals surface area (Å²) in [6.07, 6.45) is 5.80. The summed E-state index contributed by atoms with van der Waals surface area (Å²) < 4.78 is 16.5. The molecule has 2 atom stereocenters. The minimum atomic E-state index is -0.649. The number of benzene rings is 2. The number of carbonyl (C=O) groups excluding carboxylic acids is 2. The van der Waals surface area contributed by atoms with Crippen molar-refractivity contribution < 1.29 is 14.0 Å². The molecule has 2 N–H and O–H groups in total. The Morgan fingerprint density at radius 1 is 1.14 bits per heavy atom. The van der Waals surface area contributed by atoms with Crippen molar-refractivity contribution >= 4 is 34.7 Å². The number of hydrogen-bond donors (Lipinski definition) is 2. The van der Waals surface area contributed by atoms with Gasteiger partial charge in [-0.25, -0.2) is 4.39 Å². The summed E-state index contributed by atoms with van der Waals surface area (Å²) in [4.78, 5) is 28.0. The Kier molecular flexibility index (Phi) is 5.72. The molecule has 0 spiro atoms. The summed E-state index contributed by atoms with van der Waals surface area (Å²) in [5.41, 5.74) is 3.29. The third kappa shape index (κ3) is 4.14. The van der Waals surface area contributed by atoms with Gasteiger partial charge in [0.2, 0.25) is 11.8 Å². The number of aromatic nitrogens is 7. The minimum Gasteiger partial charge on any atom is -0.324 e. The third-order valence-electron chi connectivity index (χ3n) is 6.68. The van der Waals surface area contributed by atoms with E-state index in [0.29, 0.717) is 36.2 Å². The second-order valence-corrected chi connectivity index (χ2v) is 9.22. The Morgan fingerprint density at radius 3 is 2.70 bits per heavy atom. The molecule has 1 saturated heterocycles. The molecule has 37 heavy (non-hydrogen) atoms. The topological polar surface area (TPSA) is 135 Å². The molecule has 1 unspecified atom stereocenters. The van der Waals surface area contributed by atoms with Crippen molar-refractivity contribution in [3.05, 3.63) is 71.4 Å². The molecule has 4 heterocycles. The van der Waals surface area contributed by atoms with Crippen LogP contribution in [0.15, 0.2) is 55.0 Å². The molecule has 0 radical (unpaired) electrons. The van der Waals surface area contributed by atoms with Crippen LogP contribution >= 0.6 is 11.6 Å². The Bertz CT molecular complexity index is 1500. The lowest BCUT2D eigenvalue weighted by molar-refractivity contribution is -0.135. The first-order valence-electron chi connectivity index (χ1n) is 11.5. The highest BCUT2D eigenvalue weighted by molar-refractivity contribution is 6.31. The summed E-state index contributed by atoms with van der Waals surface area (Å²) >= 11 is 6.08. The number of nitrogens with one attached hydrogen (secondary N) is 2. The number of tetrazole rings is 1. The summed E-state index contributed by atoms with van der Waals surface area (Å²) in [5, 5.41) is 24.2. The fraction of sp³-hybridized carbons (Fsp3) is 0.208. The molecule has 0 saturated carbocycles. The predicted octanol–water partition coefficient (Wildman–Crippen LogP) is 3.03. The summed E-state index contributed by atoms with van der Waals surface area (Å²) in [6, 6.07) is 9.37. The van der Waals surface area contributed by atoms with Gasteiger partial charge in [-0.05, 0) is 59.5 Å². The van der Waals surface area contributed by atoms with Crippen LogP contribution in [0.4, 0.5) is 10.1 Å². The van der Waals surface area contributed by atoms with Gasteiger partial charge in [0.15, 0.2) is 5.82 Å². The highest BCUT2D eigenvalue weighted by Crippen LogP contribution is 2.40.